The minimum atomic E-state index is -4.20. The average Bonchev–Trinajstić information content (AvgIpc) is 1.63. The largest absolute Gasteiger partial charge is 1.00 e. The molecule has 0 bridgehead atoms. The second kappa shape index (κ2) is 12.3. The minimum Gasteiger partial charge on any atom is -0.811 e. The van der Waals surface area contributed by atoms with Crippen LogP contribution in [0, 0.1) is 0 Å². The van der Waals surface area contributed by atoms with E-state index in [-0.39, 0.29) is 144 Å². The molecule has 0 atom stereocenters. The summed E-state index contributed by atoms with van der Waals surface area (Å²) in [5.74, 6) is 0. The maximum absolute atomic E-state index is 9.98. The number of rotatable bonds is 4. The van der Waals surface area contributed by atoms with E-state index in [2.05, 4.69) is 0 Å². The molecule has 6 heteroatoms. The van der Waals surface area contributed by atoms with Crippen LogP contribution in [0.25, 0.3) is 0 Å². The van der Waals surface area contributed by atoms with Gasteiger partial charge in [-0.1, -0.05) is 27.4 Å². The number of unbranched alkanes of at least 4 members (excludes halogenated alkanes) is 2. The predicted octanol–water partition coefficient (Wildman–Crippen LogP) is -5.90. The van der Waals surface area contributed by atoms with Crippen LogP contribution in [0.15, 0.2) is 0 Å². The first-order valence-electron chi connectivity index (χ1n) is 3.07. The summed E-state index contributed by atoms with van der Waals surface area (Å²) in [5, 5.41) is 0. The van der Waals surface area contributed by atoms with Gasteiger partial charge in [-0.2, -0.15) is 0 Å². The quantitative estimate of drug-likeness (QED) is 0.339. The molecular formula is C5H11Cs2O3P. The maximum Gasteiger partial charge on any atom is 1.00 e. The van der Waals surface area contributed by atoms with Crippen molar-refractivity contribution in [2.75, 3.05) is 6.16 Å². The number of hydrogen-bond acceptors (Lipinski definition) is 3. The van der Waals surface area contributed by atoms with Crippen molar-refractivity contribution >= 4 is 7.60 Å². The van der Waals surface area contributed by atoms with E-state index >= 15 is 0 Å². The van der Waals surface area contributed by atoms with E-state index < -0.39 is 7.60 Å². The first-order valence-corrected chi connectivity index (χ1v) is 4.80. The average molecular weight is 416 g/mol. The molecule has 0 unspecified atom stereocenters. The molecule has 0 rings (SSSR count). The molecule has 0 aliphatic heterocycles. The molecule has 0 spiro atoms. The third kappa shape index (κ3) is 20.4. The Morgan fingerprint density at radius 3 is 1.91 bits per heavy atom. The van der Waals surface area contributed by atoms with E-state index in [0.29, 0.717) is 6.42 Å². The molecule has 0 aliphatic rings. The molecule has 0 N–H and O–H groups in total. The summed E-state index contributed by atoms with van der Waals surface area (Å²) < 4.78 is 9.98. The van der Waals surface area contributed by atoms with Gasteiger partial charge in [0.05, 0.1) is 0 Å². The van der Waals surface area contributed by atoms with Crippen molar-refractivity contribution in [3.8, 4) is 0 Å². The Balaban J connectivity index is -0.000000320. The van der Waals surface area contributed by atoms with Crippen molar-refractivity contribution in [2.45, 2.75) is 26.2 Å². The van der Waals surface area contributed by atoms with Crippen molar-refractivity contribution in [3.05, 3.63) is 0 Å². The fourth-order valence-electron chi connectivity index (χ4n) is 0.555. The zero-order chi connectivity index (χ0) is 7.33. The topological polar surface area (TPSA) is 63.2 Å². The van der Waals surface area contributed by atoms with Crippen LogP contribution in [0.4, 0.5) is 0 Å². The SMILES string of the molecule is CCCCCP(=O)([O-])[O-].[Cs+].[Cs+]. The Hall–Kier alpha value is 4.25. The van der Waals surface area contributed by atoms with Gasteiger partial charge in [0.25, 0.3) is 0 Å². The van der Waals surface area contributed by atoms with E-state index in [1.54, 1.807) is 0 Å². The normalized spacial score (nSPS) is 9.73. The summed E-state index contributed by atoms with van der Waals surface area (Å²) in [4.78, 5) is 20.0. The van der Waals surface area contributed by atoms with Gasteiger partial charge in [-0.3, -0.25) is 0 Å². The Morgan fingerprint density at radius 2 is 1.64 bits per heavy atom. The predicted molar refractivity (Wildman–Crippen MR) is 32.0 cm³/mol. The Morgan fingerprint density at radius 1 is 1.18 bits per heavy atom. The zero-order valence-electron chi connectivity index (χ0n) is 7.50. The van der Waals surface area contributed by atoms with E-state index in [1.807, 2.05) is 6.92 Å². The molecule has 0 aliphatic carbocycles. The Bertz CT molecular complexity index is 114. The fraction of sp³-hybridized carbons (Fsp3) is 1.00. The van der Waals surface area contributed by atoms with Crippen LogP contribution in [0.1, 0.15) is 26.2 Å². The molecule has 56 valence electrons. The monoisotopic (exact) mass is 416 g/mol. The summed E-state index contributed by atoms with van der Waals surface area (Å²) >= 11 is 0. The third-order valence-corrected chi connectivity index (χ3v) is 1.90. The molecular weight excluding hydrogens is 405 g/mol. The van der Waals surface area contributed by atoms with Gasteiger partial charge in [-0.25, -0.2) is 0 Å². The minimum absolute atomic E-state index is 0. The molecule has 0 aromatic heterocycles. The zero-order valence-corrected chi connectivity index (χ0v) is 21.0. The molecule has 11 heavy (non-hydrogen) atoms. The van der Waals surface area contributed by atoms with Gasteiger partial charge in [0.1, 0.15) is 0 Å². The Kier molecular flexibility index (Phi) is 23.1. The van der Waals surface area contributed by atoms with Crippen LogP contribution in [-0.2, 0) is 4.57 Å². The first kappa shape index (κ1) is 20.6. The van der Waals surface area contributed by atoms with Crippen LogP contribution >= 0.6 is 7.60 Å². The number of hydrogen-bond donors (Lipinski definition) is 0. The van der Waals surface area contributed by atoms with E-state index in [4.69, 9.17) is 0 Å². The van der Waals surface area contributed by atoms with Crippen LogP contribution in [0.2, 0.25) is 0 Å². The van der Waals surface area contributed by atoms with Gasteiger partial charge in [-0.05, 0) is 12.6 Å². The standard InChI is InChI=1S/C5H13O3P.2Cs/c1-2-3-4-5-9(6,7)8;;/h2-5H2,1H3,(H2,6,7,8);;/q;2*+1/p-2. The summed E-state index contributed by atoms with van der Waals surface area (Å²) in [6.07, 6.45) is 2.11. The molecule has 0 fully saturated rings. The summed E-state index contributed by atoms with van der Waals surface area (Å²) in [5.41, 5.74) is 0. The molecule has 0 saturated heterocycles. The van der Waals surface area contributed by atoms with Gasteiger partial charge >= 0.3 is 138 Å². The maximum atomic E-state index is 9.98. The van der Waals surface area contributed by atoms with Crippen LogP contribution in [-0.4, -0.2) is 6.16 Å². The molecule has 0 heterocycles. The Labute approximate surface area is 186 Å². The van der Waals surface area contributed by atoms with Crippen molar-refractivity contribution in [1.29, 1.82) is 0 Å². The molecule has 0 amide bonds. The molecule has 0 aromatic carbocycles. The van der Waals surface area contributed by atoms with Gasteiger partial charge in [-0.15, -0.1) is 0 Å². The summed E-state index contributed by atoms with van der Waals surface area (Å²) in [7, 11) is -4.20. The van der Waals surface area contributed by atoms with Crippen molar-refractivity contribution < 1.29 is 152 Å². The molecule has 0 saturated carbocycles. The third-order valence-electron chi connectivity index (χ3n) is 1.04. The van der Waals surface area contributed by atoms with Crippen LogP contribution in [0.3, 0.4) is 0 Å². The van der Waals surface area contributed by atoms with Crippen molar-refractivity contribution in [1.82, 2.24) is 0 Å². The van der Waals surface area contributed by atoms with E-state index in [9.17, 15) is 14.4 Å². The molecule has 0 radical (unpaired) electrons. The fourth-order valence-corrected chi connectivity index (χ4v) is 1.17. The van der Waals surface area contributed by atoms with Crippen LogP contribution in [0.5, 0.6) is 0 Å². The van der Waals surface area contributed by atoms with Gasteiger partial charge in [0, 0.05) is 0 Å². The van der Waals surface area contributed by atoms with Crippen molar-refractivity contribution in [2.24, 2.45) is 0 Å². The van der Waals surface area contributed by atoms with E-state index in [0.717, 1.165) is 12.8 Å². The molecule has 0 aromatic rings. The second-order valence-corrected chi connectivity index (χ2v) is 3.71. The van der Waals surface area contributed by atoms with Crippen molar-refractivity contribution in [3.63, 3.8) is 0 Å². The second-order valence-electron chi connectivity index (χ2n) is 2.04. The van der Waals surface area contributed by atoms with E-state index in [1.165, 1.54) is 0 Å². The van der Waals surface area contributed by atoms with Gasteiger partial charge in [0.2, 0.25) is 0 Å². The smallest absolute Gasteiger partial charge is 0.811 e. The summed E-state index contributed by atoms with van der Waals surface area (Å²) in [6.45, 7) is 1.96. The summed E-state index contributed by atoms with van der Waals surface area (Å²) in [6, 6.07) is 0. The van der Waals surface area contributed by atoms with Gasteiger partial charge < -0.3 is 14.4 Å². The molecule has 3 nitrogen and oxygen atoms in total. The first-order chi connectivity index (χ1) is 4.06. The van der Waals surface area contributed by atoms with Crippen LogP contribution < -0.4 is 148 Å². The van der Waals surface area contributed by atoms with Gasteiger partial charge in [0.15, 0.2) is 0 Å².